The van der Waals surface area contributed by atoms with Crippen LogP contribution in [0.1, 0.15) is 31.2 Å². The standard InChI is InChI=1S/C12H16N2O/c1-8(2)12-9(3)13-11-7-10(15-4)5-6-14(11)12/h5-8H,1-4H3. The van der Waals surface area contributed by atoms with Crippen LogP contribution in [0.3, 0.4) is 0 Å². The first kappa shape index (κ1) is 10.0. The van der Waals surface area contributed by atoms with E-state index in [1.165, 1.54) is 5.69 Å². The molecule has 80 valence electrons. The molecule has 0 spiro atoms. The summed E-state index contributed by atoms with van der Waals surface area (Å²) < 4.78 is 7.31. The summed E-state index contributed by atoms with van der Waals surface area (Å²) >= 11 is 0. The second-order valence-corrected chi connectivity index (χ2v) is 4.03. The number of rotatable bonds is 2. The zero-order valence-electron chi connectivity index (χ0n) is 9.61. The highest BCUT2D eigenvalue weighted by molar-refractivity contribution is 5.48. The molecule has 0 unspecified atom stereocenters. The van der Waals surface area contributed by atoms with Gasteiger partial charge >= 0.3 is 0 Å². The molecule has 0 radical (unpaired) electrons. The number of aromatic nitrogens is 2. The zero-order valence-corrected chi connectivity index (χ0v) is 9.61. The highest BCUT2D eigenvalue weighted by Gasteiger charge is 2.11. The van der Waals surface area contributed by atoms with Gasteiger partial charge in [0.25, 0.3) is 0 Å². The number of pyridine rings is 1. The van der Waals surface area contributed by atoms with Crippen molar-refractivity contribution in [3.63, 3.8) is 0 Å². The number of methoxy groups -OCH3 is 1. The van der Waals surface area contributed by atoms with Gasteiger partial charge < -0.3 is 9.14 Å². The maximum atomic E-state index is 5.18. The number of ether oxygens (including phenoxy) is 1. The number of hydrogen-bond donors (Lipinski definition) is 0. The van der Waals surface area contributed by atoms with Crippen LogP contribution >= 0.6 is 0 Å². The van der Waals surface area contributed by atoms with Crippen LogP contribution in [0, 0.1) is 6.92 Å². The van der Waals surface area contributed by atoms with Gasteiger partial charge in [0.2, 0.25) is 0 Å². The summed E-state index contributed by atoms with van der Waals surface area (Å²) in [6.07, 6.45) is 2.02. The van der Waals surface area contributed by atoms with Crippen LogP contribution in [0.2, 0.25) is 0 Å². The molecule has 0 aliphatic heterocycles. The third-order valence-corrected chi connectivity index (χ3v) is 2.60. The molecule has 0 aliphatic rings. The molecular weight excluding hydrogens is 188 g/mol. The maximum absolute atomic E-state index is 5.18. The monoisotopic (exact) mass is 204 g/mol. The van der Waals surface area contributed by atoms with E-state index in [9.17, 15) is 0 Å². The Hall–Kier alpha value is -1.51. The van der Waals surface area contributed by atoms with E-state index >= 15 is 0 Å². The van der Waals surface area contributed by atoms with Crippen LogP contribution in [0.5, 0.6) is 5.75 Å². The van der Waals surface area contributed by atoms with Crippen molar-refractivity contribution >= 4 is 5.65 Å². The van der Waals surface area contributed by atoms with Gasteiger partial charge in [-0.2, -0.15) is 0 Å². The number of hydrogen-bond acceptors (Lipinski definition) is 2. The van der Waals surface area contributed by atoms with Gasteiger partial charge in [-0.3, -0.25) is 0 Å². The highest BCUT2D eigenvalue weighted by Crippen LogP contribution is 2.23. The van der Waals surface area contributed by atoms with Crippen LogP contribution in [0.4, 0.5) is 0 Å². The van der Waals surface area contributed by atoms with E-state index in [2.05, 4.69) is 30.2 Å². The maximum Gasteiger partial charge on any atom is 0.140 e. The van der Waals surface area contributed by atoms with Gasteiger partial charge in [0.1, 0.15) is 11.4 Å². The minimum Gasteiger partial charge on any atom is -0.497 e. The Balaban J connectivity index is 2.68. The molecule has 2 aromatic rings. The third kappa shape index (κ3) is 1.58. The van der Waals surface area contributed by atoms with E-state index in [4.69, 9.17) is 4.74 Å². The Bertz CT molecular complexity index is 486. The molecule has 15 heavy (non-hydrogen) atoms. The van der Waals surface area contributed by atoms with Crippen LogP contribution < -0.4 is 4.74 Å². The predicted octanol–water partition coefficient (Wildman–Crippen LogP) is 2.77. The number of imidazole rings is 1. The molecule has 2 rings (SSSR count). The Kier molecular flexibility index (Phi) is 2.39. The molecule has 0 aliphatic carbocycles. The molecule has 0 bridgehead atoms. The van der Waals surface area contributed by atoms with Crippen LogP contribution in [0.25, 0.3) is 5.65 Å². The van der Waals surface area contributed by atoms with Gasteiger partial charge in [-0.15, -0.1) is 0 Å². The molecule has 0 saturated carbocycles. The molecule has 0 aromatic carbocycles. The van der Waals surface area contributed by atoms with Crippen LogP contribution in [0.15, 0.2) is 18.3 Å². The summed E-state index contributed by atoms with van der Waals surface area (Å²) in [5, 5.41) is 0. The molecule has 2 aromatic heterocycles. The smallest absolute Gasteiger partial charge is 0.140 e. The van der Waals surface area contributed by atoms with E-state index in [0.717, 1.165) is 17.1 Å². The summed E-state index contributed by atoms with van der Waals surface area (Å²) in [5.41, 5.74) is 3.32. The lowest BCUT2D eigenvalue weighted by molar-refractivity contribution is 0.414. The number of aryl methyl sites for hydroxylation is 1. The van der Waals surface area contributed by atoms with Crippen molar-refractivity contribution in [3.05, 3.63) is 29.7 Å². The lowest BCUT2D eigenvalue weighted by Gasteiger charge is -2.06. The number of nitrogens with zero attached hydrogens (tertiary/aromatic N) is 2. The van der Waals surface area contributed by atoms with E-state index in [1.807, 2.05) is 18.3 Å². The van der Waals surface area contributed by atoms with E-state index in [1.54, 1.807) is 7.11 Å². The zero-order chi connectivity index (χ0) is 11.0. The summed E-state index contributed by atoms with van der Waals surface area (Å²) in [6.45, 7) is 6.41. The van der Waals surface area contributed by atoms with E-state index < -0.39 is 0 Å². The van der Waals surface area contributed by atoms with Crippen molar-refractivity contribution in [3.8, 4) is 5.75 Å². The SMILES string of the molecule is COc1ccn2c(C(C)C)c(C)nc2c1. The predicted molar refractivity (Wildman–Crippen MR) is 60.6 cm³/mol. The lowest BCUT2D eigenvalue weighted by atomic mass is 10.1. The van der Waals surface area contributed by atoms with Crippen molar-refractivity contribution in [1.82, 2.24) is 9.38 Å². The summed E-state index contributed by atoms with van der Waals surface area (Å²) in [7, 11) is 1.67. The summed E-state index contributed by atoms with van der Waals surface area (Å²) in [5.74, 6) is 1.33. The molecule has 0 N–H and O–H groups in total. The minimum absolute atomic E-state index is 0.480. The molecule has 3 heteroatoms. The normalized spacial score (nSPS) is 11.3. The molecule has 2 heterocycles. The molecule has 0 atom stereocenters. The highest BCUT2D eigenvalue weighted by atomic mass is 16.5. The van der Waals surface area contributed by atoms with Gasteiger partial charge in [0.15, 0.2) is 0 Å². The van der Waals surface area contributed by atoms with Gasteiger partial charge in [0, 0.05) is 18.0 Å². The second-order valence-electron chi connectivity index (χ2n) is 4.03. The fourth-order valence-electron chi connectivity index (χ4n) is 1.99. The molecule has 0 amide bonds. The Morgan fingerprint density at radius 2 is 2.13 bits per heavy atom. The van der Waals surface area contributed by atoms with Gasteiger partial charge in [-0.05, 0) is 18.9 Å². The van der Waals surface area contributed by atoms with Gasteiger partial charge in [-0.1, -0.05) is 13.8 Å². The summed E-state index contributed by atoms with van der Waals surface area (Å²) in [4.78, 5) is 4.53. The first-order valence-corrected chi connectivity index (χ1v) is 5.16. The Morgan fingerprint density at radius 3 is 2.73 bits per heavy atom. The first-order valence-electron chi connectivity index (χ1n) is 5.16. The van der Waals surface area contributed by atoms with Crippen LogP contribution in [-0.2, 0) is 0 Å². The number of fused-ring (bicyclic) bond motifs is 1. The van der Waals surface area contributed by atoms with Crippen molar-refractivity contribution in [2.45, 2.75) is 26.7 Å². The minimum atomic E-state index is 0.480. The fourth-order valence-corrected chi connectivity index (χ4v) is 1.99. The quantitative estimate of drug-likeness (QED) is 0.752. The summed E-state index contributed by atoms with van der Waals surface area (Å²) in [6, 6.07) is 3.92. The third-order valence-electron chi connectivity index (χ3n) is 2.60. The van der Waals surface area contributed by atoms with E-state index in [-0.39, 0.29) is 0 Å². The Morgan fingerprint density at radius 1 is 1.40 bits per heavy atom. The topological polar surface area (TPSA) is 26.5 Å². The van der Waals surface area contributed by atoms with E-state index in [0.29, 0.717) is 5.92 Å². The molecular formula is C12H16N2O. The largest absolute Gasteiger partial charge is 0.497 e. The van der Waals surface area contributed by atoms with Crippen LogP contribution in [-0.4, -0.2) is 16.5 Å². The molecule has 3 nitrogen and oxygen atoms in total. The first-order chi connectivity index (χ1) is 7.13. The van der Waals surface area contributed by atoms with Crippen molar-refractivity contribution in [2.75, 3.05) is 7.11 Å². The second kappa shape index (κ2) is 3.57. The average Bonchev–Trinajstić information content (AvgIpc) is 2.52. The van der Waals surface area contributed by atoms with Crippen molar-refractivity contribution in [2.24, 2.45) is 0 Å². The lowest BCUT2D eigenvalue weighted by Crippen LogP contribution is -1.96. The molecule has 0 saturated heterocycles. The average molecular weight is 204 g/mol. The Labute approximate surface area is 89.7 Å². The van der Waals surface area contributed by atoms with Gasteiger partial charge in [-0.25, -0.2) is 4.98 Å². The fraction of sp³-hybridized carbons (Fsp3) is 0.417. The molecule has 0 fully saturated rings. The van der Waals surface area contributed by atoms with Gasteiger partial charge in [0.05, 0.1) is 12.8 Å². The van der Waals surface area contributed by atoms with Crippen molar-refractivity contribution < 1.29 is 4.74 Å². The van der Waals surface area contributed by atoms with Crippen molar-refractivity contribution in [1.29, 1.82) is 0 Å².